The first-order valence-electron chi connectivity index (χ1n) is 5.11. The summed E-state index contributed by atoms with van der Waals surface area (Å²) in [5.41, 5.74) is 0. The molecule has 0 spiro atoms. The van der Waals surface area contributed by atoms with Gasteiger partial charge >= 0.3 is 37.9 Å². The van der Waals surface area contributed by atoms with Crippen LogP contribution in [0.2, 0.25) is 0 Å². The van der Waals surface area contributed by atoms with E-state index in [4.69, 9.17) is 17.0 Å². The van der Waals surface area contributed by atoms with Crippen molar-refractivity contribution in [3.63, 3.8) is 0 Å². The van der Waals surface area contributed by atoms with Crippen molar-refractivity contribution in [3.05, 3.63) is 37.1 Å². The molecule has 2 aliphatic rings. The van der Waals surface area contributed by atoms with E-state index in [2.05, 4.69) is 38.2 Å². The Hall–Kier alpha value is 0.943. The van der Waals surface area contributed by atoms with Crippen LogP contribution in [0, 0.1) is 24.7 Å². The second kappa shape index (κ2) is 10.1. The van der Waals surface area contributed by atoms with E-state index in [1.807, 2.05) is 0 Å². The van der Waals surface area contributed by atoms with E-state index in [0.29, 0.717) is 0 Å². The van der Waals surface area contributed by atoms with Gasteiger partial charge in [-0.05, 0) is 11.8 Å². The van der Waals surface area contributed by atoms with Crippen molar-refractivity contribution >= 4 is 17.0 Å². The topological polar surface area (TPSA) is 0 Å². The number of hydrogen-bond donors (Lipinski definition) is 0. The average Bonchev–Trinajstić information content (AvgIpc) is 2.62. The van der Waals surface area contributed by atoms with Crippen LogP contribution in [-0.2, 0) is 20.8 Å². The molecular weight excluding hydrogens is 306 g/mol. The Morgan fingerprint density at radius 2 is 1.47 bits per heavy atom. The summed E-state index contributed by atoms with van der Waals surface area (Å²) in [6.07, 6.45) is 11.7. The van der Waals surface area contributed by atoms with Gasteiger partial charge in [-0.1, -0.05) is 24.3 Å². The fourth-order valence-corrected chi connectivity index (χ4v) is 2.03. The van der Waals surface area contributed by atoms with Crippen LogP contribution in [0.15, 0.2) is 24.3 Å². The van der Waals surface area contributed by atoms with Gasteiger partial charge in [0.15, 0.2) is 0 Å². The molecule has 0 aromatic heterocycles. The van der Waals surface area contributed by atoms with Gasteiger partial charge in [-0.25, -0.2) is 0 Å². The van der Waals surface area contributed by atoms with Crippen molar-refractivity contribution < 1.29 is 20.8 Å². The van der Waals surface area contributed by atoms with Crippen LogP contribution >= 0.6 is 17.0 Å². The van der Waals surface area contributed by atoms with Gasteiger partial charge in [0, 0.05) is 0 Å². The molecular formula is C12H18Cl2Zr. The molecule has 2 atom stereocenters. The van der Waals surface area contributed by atoms with Gasteiger partial charge in [0.25, 0.3) is 0 Å². The van der Waals surface area contributed by atoms with E-state index in [1.165, 1.54) is 12.8 Å². The molecule has 2 aliphatic carbocycles. The van der Waals surface area contributed by atoms with E-state index in [0.717, 1.165) is 11.8 Å². The van der Waals surface area contributed by atoms with E-state index in [1.54, 1.807) is 12.8 Å². The Bertz CT molecular complexity index is 182. The maximum atomic E-state index is 4.93. The molecule has 0 aliphatic heterocycles. The van der Waals surface area contributed by atoms with Crippen LogP contribution in [0.1, 0.15) is 26.7 Å². The second-order valence-electron chi connectivity index (χ2n) is 3.53. The first-order valence-corrected chi connectivity index (χ1v) is 11.4. The van der Waals surface area contributed by atoms with Crippen molar-refractivity contribution in [3.8, 4) is 0 Å². The van der Waals surface area contributed by atoms with Crippen LogP contribution in [-0.4, -0.2) is 0 Å². The Morgan fingerprint density at radius 1 is 1.13 bits per heavy atom. The number of halogens is 2. The Kier molecular flexibility index (Phi) is 10.8. The summed E-state index contributed by atoms with van der Waals surface area (Å²) < 4.78 is 0. The molecule has 0 heterocycles. The molecule has 0 aromatic rings. The van der Waals surface area contributed by atoms with Gasteiger partial charge in [0.05, 0.1) is 0 Å². The summed E-state index contributed by atoms with van der Waals surface area (Å²) in [5, 5.41) is 0. The summed E-state index contributed by atoms with van der Waals surface area (Å²) in [4.78, 5) is 0. The third-order valence-electron chi connectivity index (χ3n) is 2.55. The van der Waals surface area contributed by atoms with Crippen LogP contribution in [0.4, 0.5) is 0 Å². The SMILES string of the molecule is C[C-]1CC2C=CC=CC2C1.[CH2-]C.[Cl][Zr+2][Cl]. The molecule has 0 saturated heterocycles. The van der Waals surface area contributed by atoms with Gasteiger partial charge < -0.3 is 12.8 Å². The molecule has 0 bridgehead atoms. The van der Waals surface area contributed by atoms with Gasteiger partial charge in [-0.3, -0.25) is 0 Å². The van der Waals surface area contributed by atoms with E-state index in [9.17, 15) is 0 Å². The minimum atomic E-state index is -0.826. The van der Waals surface area contributed by atoms with Crippen molar-refractivity contribution in [1.82, 2.24) is 0 Å². The third kappa shape index (κ3) is 6.29. The van der Waals surface area contributed by atoms with Gasteiger partial charge in [0.1, 0.15) is 0 Å². The first-order chi connectivity index (χ1) is 7.27. The fourth-order valence-electron chi connectivity index (χ4n) is 2.03. The van der Waals surface area contributed by atoms with E-state index in [-0.39, 0.29) is 0 Å². The molecule has 84 valence electrons. The van der Waals surface area contributed by atoms with Gasteiger partial charge in [0.2, 0.25) is 0 Å². The number of hydrogen-bond acceptors (Lipinski definition) is 0. The standard InChI is InChI=1S/C10H13.C2H5.2ClH.Zr/c1-8-6-9-4-2-3-5-10(9)7-8;1-2;;;/h2-5,9-10H,6-7H2,1H3;1H2,2H3;2*1H;/q2*-1;;;+4/p-2. The van der Waals surface area contributed by atoms with Gasteiger partial charge in [-0.15, -0.1) is 0 Å². The molecule has 1 fully saturated rings. The predicted molar refractivity (Wildman–Crippen MR) is 66.1 cm³/mol. The Morgan fingerprint density at radius 3 is 1.80 bits per heavy atom. The molecule has 2 rings (SSSR count). The summed E-state index contributed by atoms with van der Waals surface area (Å²) in [5.74, 6) is 3.35. The summed E-state index contributed by atoms with van der Waals surface area (Å²) >= 11 is -0.826. The molecule has 0 amide bonds. The molecule has 0 N–H and O–H groups in total. The van der Waals surface area contributed by atoms with Crippen LogP contribution in [0.5, 0.6) is 0 Å². The van der Waals surface area contributed by atoms with Crippen LogP contribution in [0.25, 0.3) is 0 Å². The average molecular weight is 324 g/mol. The molecule has 3 heteroatoms. The Balaban J connectivity index is 0.000000342. The van der Waals surface area contributed by atoms with Gasteiger partial charge in [-0.2, -0.15) is 26.7 Å². The van der Waals surface area contributed by atoms with Crippen molar-refractivity contribution in [2.24, 2.45) is 11.8 Å². The molecule has 0 nitrogen and oxygen atoms in total. The molecule has 2 unspecified atom stereocenters. The van der Waals surface area contributed by atoms with Crippen molar-refractivity contribution in [1.29, 1.82) is 0 Å². The third-order valence-corrected chi connectivity index (χ3v) is 2.55. The van der Waals surface area contributed by atoms with Crippen molar-refractivity contribution in [2.75, 3.05) is 0 Å². The van der Waals surface area contributed by atoms with Crippen molar-refractivity contribution in [2.45, 2.75) is 26.7 Å². The molecule has 1 saturated carbocycles. The monoisotopic (exact) mass is 322 g/mol. The minimum absolute atomic E-state index is 0.826. The molecule has 0 radical (unpaired) electrons. The zero-order valence-corrected chi connectivity index (χ0v) is 13.3. The molecule has 0 aromatic carbocycles. The zero-order chi connectivity index (χ0) is 11.7. The second-order valence-corrected chi connectivity index (χ2v) is 7.27. The summed E-state index contributed by atoms with van der Waals surface area (Å²) in [6, 6.07) is 0. The number of rotatable bonds is 0. The normalized spacial score (nSPS) is 26.7. The fraction of sp³-hybridized carbons (Fsp3) is 0.500. The predicted octanol–water partition coefficient (Wildman–Crippen LogP) is 4.95. The number of fused-ring (bicyclic) bond motifs is 1. The van der Waals surface area contributed by atoms with Crippen LogP contribution in [0.3, 0.4) is 0 Å². The summed E-state index contributed by atoms with van der Waals surface area (Å²) in [6.45, 7) is 7.28. The number of allylic oxidation sites excluding steroid dienone is 4. The summed E-state index contributed by atoms with van der Waals surface area (Å²) in [7, 11) is 9.87. The quantitative estimate of drug-likeness (QED) is 0.553. The van der Waals surface area contributed by atoms with E-state index >= 15 is 0 Å². The first kappa shape index (κ1) is 15.9. The molecule has 15 heavy (non-hydrogen) atoms. The zero-order valence-electron chi connectivity index (χ0n) is 9.34. The maximum absolute atomic E-state index is 4.93. The van der Waals surface area contributed by atoms with E-state index < -0.39 is 20.8 Å². The Labute approximate surface area is 113 Å². The van der Waals surface area contributed by atoms with Crippen LogP contribution < -0.4 is 0 Å².